The summed E-state index contributed by atoms with van der Waals surface area (Å²) >= 11 is 0. The lowest BCUT2D eigenvalue weighted by atomic mass is 9.93. The van der Waals surface area contributed by atoms with Crippen LogP contribution in [-0.2, 0) is 0 Å². The molecular formula is C16H16N6. The molecule has 0 unspecified atom stereocenters. The first-order valence-corrected chi connectivity index (χ1v) is 6.87. The van der Waals surface area contributed by atoms with Crippen molar-refractivity contribution in [3.8, 4) is 0 Å². The van der Waals surface area contributed by atoms with Crippen LogP contribution in [0, 0.1) is 13.8 Å². The van der Waals surface area contributed by atoms with Gasteiger partial charge in [0.15, 0.2) is 0 Å². The highest BCUT2D eigenvalue weighted by molar-refractivity contribution is 5.32. The van der Waals surface area contributed by atoms with Gasteiger partial charge in [-0.15, -0.1) is 0 Å². The molecule has 0 amide bonds. The fourth-order valence-corrected chi connectivity index (χ4v) is 2.44. The van der Waals surface area contributed by atoms with Gasteiger partial charge in [-0.25, -0.2) is 0 Å². The minimum atomic E-state index is -0.581. The first-order chi connectivity index (χ1) is 10.7. The van der Waals surface area contributed by atoms with Crippen molar-refractivity contribution in [3.63, 3.8) is 0 Å². The largest absolute Gasteiger partial charge is 0.0851 e. The van der Waals surface area contributed by atoms with E-state index in [2.05, 4.69) is 20.1 Å². The molecule has 6 heteroatoms. The number of nitrogens with zero attached hydrogens (tertiary/aromatic N) is 6. The number of benzene rings is 2. The van der Waals surface area contributed by atoms with Crippen molar-refractivity contribution in [2.75, 3.05) is 0 Å². The molecule has 0 spiro atoms. The maximum atomic E-state index is 8.91. The number of hydrogen-bond acceptors (Lipinski definition) is 2. The van der Waals surface area contributed by atoms with Crippen molar-refractivity contribution < 1.29 is 0 Å². The van der Waals surface area contributed by atoms with Crippen LogP contribution in [-0.4, -0.2) is 0 Å². The molecule has 0 aliphatic carbocycles. The molecule has 2 rings (SSSR count). The van der Waals surface area contributed by atoms with Gasteiger partial charge in [0.2, 0.25) is 0 Å². The van der Waals surface area contributed by atoms with Gasteiger partial charge in [-0.3, -0.25) is 0 Å². The fourth-order valence-electron chi connectivity index (χ4n) is 2.44. The SMILES string of the molecule is Cc1cccc([C@@H](N=[N+]=[N-])[C@@H](N=[N+]=[N-])c2cccc(C)c2)c1. The smallest absolute Gasteiger partial charge is 0.0750 e. The highest BCUT2D eigenvalue weighted by Gasteiger charge is 2.23. The van der Waals surface area contributed by atoms with Crippen molar-refractivity contribution in [2.45, 2.75) is 25.9 Å². The molecule has 0 saturated carbocycles. The van der Waals surface area contributed by atoms with Crippen LogP contribution in [0.4, 0.5) is 0 Å². The standard InChI is InChI=1S/C16H16N6/c1-11-5-3-7-13(9-11)15(19-21-17)16(20-22-18)14-8-4-6-12(2)10-14/h3-10,15-16H,1-2H3/t15-,16+. The molecule has 2 aromatic carbocycles. The quantitative estimate of drug-likeness (QED) is 0.383. The Morgan fingerprint density at radius 3 is 1.50 bits per heavy atom. The Hall–Kier alpha value is -2.94. The highest BCUT2D eigenvalue weighted by atomic mass is 15.2. The molecule has 0 bridgehead atoms. The van der Waals surface area contributed by atoms with E-state index < -0.39 is 12.1 Å². The summed E-state index contributed by atoms with van der Waals surface area (Å²) < 4.78 is 0. The van der Waals surface area contributed by atoms with Crippen LogP contribution >= 0.6 is 0 Å². The lowest BCUT2D eigenvalue weighted by Crippen LogP contribution is -2.07. The third-order valence-electron chi connectivity index (χ3n) is 3.42. The van der Waals surface area contributed by atoms with Gasteiger partial charge in [-0.05, 0) is 36.0 Å². The van der Waals surface area contributed by atoms with Gasteiger partial charge < -0.3 is 0 Å². The molecule has 0 heterocycles. The van der Waals surface area contributed by atoms with E-state index in [1.54, 1.807) is 0 Å². The molecule has 0 radical (unpaired) electrons. The Kier molecular flexibility index (Phi) is 5.04. The molecule has 0 aromatic heterocycles. The minimum Gasteiger partial charge on any atom is -0.0851 e. The first kappa shape index (κ1) is 15.4. The van der Waals surface area contributed by atoms with Gasteiger partial charge >= 0.3 is 0 Å². The van der Waals surface area contributed by atoms with Crippen LogP contribution in [0.3, 0.4) is 0 Å². The van der Waals surface area contributed by atoms with E-state index in [4.69, 9.17) is 11.1 Å². The molecule has 0 saturated heterocycles. The Morgan fingerprint density at radius 1 is 0.773 bits per heavy atom. The summed E-state index contributed by atoms with van der Waals surface area (Å²) in [6.45, 7) is 3.93. The van der Waals surface area contributed by atoms with Crippen molar-refractivity contribution in [1.82, 2.24) is 0 Å². The Morgan fingerprint density at radius 2 is 1.18 bits per heavy atom. The Labute approximate surface area is 128 Å². The number of rotatable bonds is 5. The van der Waals surface area contributed by atoms with Gasteiger partial charge in [-0.2, -0.15) is 0 Å². The van der Waals surface area contributed by atoms with Gasteiger partial charge in [-0.1, -0.05) is 69.9 Å². The summed E-state index contributed by atoms with van der Waals surface area (Å²) in [4.78, 5) is 5.87. The zero-order chi connectivity index (χ0) is 15.9. The molecular weight excluding hydrogens is 276 g/mol. The topological polar surface area (TPSA) is 97.5 Å². The zero-order valence-electron chi connectivity index (χ0n) is 12.5. The van der Waals surface area contributed by atoms with E-state index in [1.165, 1.54) is 0 Å². The van der Waals surface area contributed by atoms with Gasteiger partial charge in [0.1, 0.15) is 0 Å². The summed E-state index contributed by atoms with van der Waals surface area (Å²) in [6, 6.07) is 14.2. The Balaban J connectivity index is 2.55. The maximum absolute atomic E-state index is 8.91. The lowest BCUT2D eigenvalue weighted by Gasteiger charge is -2.20. The highest BCUT2D eigenvalue weighted by Crippen LogP contribution is 2.36. The normalized spacial score (nSPS) is 12.6. The van der Waals surface area contributed by atoms with E-state index in [0.29, 0.717) is 0 Å². The molecule has 2 aromatic rings. The molecule has 6 nitrogen and oxygen atoms in total. The monoisotopic (exact) mass is 292 g/mol. The van der Waals surface area contributed by atoms with Gasteiger partial charge in [0.05, 0.1) is 12.1 Å². The Bertz CT molecular complexity index is 691. The number of aryl methyl sites for hydroxylation is 2. The summed E-state index contributed by atoms with van der Waals surface area (Å²) in [5, 5.41) is 7.75. The fraction of sp³-hybridized carbons (Fsp3) is 0.250. The summed E-state index contributed by atoms with van der Waals surface area (Å²) in [5.74, 6) is 0. The molecule has 0 N–H and O–H groups in total. The van der Waals surface area contributed by atoms with E-state index in [-0.39, 0.29) is 0 Å². The van der Waals surface area contributed by atoms with Crippen molar-refractivity contribution >= 4 is 0 Å². The van der Waals surface area contributed by atoms with Crippen LogP contribution < -0.4 is 0 Å². The molecule has 22 heavy (non-hydrogen) atoms. The van der Waals surface area contributed by atoms with E-state index in [1.807, 2.05) is 62.4 Å². The van der Waals surface area contributed by atoms with Gasteiger partial charge in [0.25, 0.3) is 0 Å². The van der Waals surface area contributed by atoms with Crippen LogP contribution in [0.15, 0.2) is 58.8 Å². The molecule has 2 atom stereocenters. The third-order valence-corrected chi connectivity index (χ3v) is 3.42. The lowest BCUT2D eigenvalue weighted by molar-refractivity contribution is 0.568. The molecule has 0 aliphatic heterocycles. The van der Waals surface area contributed by atoms with Crippen molar-refractivity contribution in [3.05, 3.63) is 91.7 Å². The number of azide groups is 2. The van der Waals surface area contributed by atoms with E-state index in [0.717, 1.165) is 22.3 Å². The predicted molar refractivity (Wildman–Crippen MR) is 86.1 cm³/mol. The zero-order valence-corrected chi connectivity index (χ0v) is 12.5. The van der Waals surface area contributed by atoms with E-state index in [9.17, 15) is 0 Å². The summed E-state index contributed by atoms with van der Waals surface area (Å²) in [5.41, 5.74) is 21.6. The van der Waals surface area contributed by atoms with Crippen LogP contribution in [0.25, 0.3) is 20.9 Å². The second-order valence-corrected chi connectivity index (χ2v) is 5.13. The van der Waals surface area contributed by atoms with Crippen LogP contribution in [0.5, 0.6) is 0 Å². The van der Waals surface area contributed by atoms with Crippen LogP contribution in [0.1, 0.15) is 34.3 Å². The molecule has 0 aliphatic rings. The third kappa shape index (κ3) is 3.58. The maximum Gasteiger partial charge on any atom is 0.0750 e. The second-order valence-electron chi connectivity index (χ2n) is 5.13. The van der Waals surface area contributed by atoms with Gasteiger partial charge in [0, 0.05) is 9.82 Å². The average molecular weight is 292 g/mol. The summed E-state index contributed by atoms with van der Waals surface area (Å²) in [6.07, 6.45) is 0. The summed E-state index contributed by atoms with van der Waals surface area (Å²) in [7, 11) is 0. The van der Waals surface area contributed by atoms with Crippen molar-refractivity contribution in [2.24, 2.45) is 10.2 Å². The molecule has 0 fully saturated rings. The first-order valence-electron chi connectivity index (χ1n) is 6.87. The minimum absolute atomic E-state index is 0.581. The second kappa shape index (κ2) is 7.18. The van der Waals surface area contributed by atoms with Crippen LogP contribution in [0.2, 0.25) is 0 Å². The average Bonchev–Trinajstić information content (AvgIpc) is 2.51. The molecule has 110 valence electrons. The van der Waals surface area contributed by atoms with E-state index >= 15 is 0 Å². The van der Waals surface area contributed by atoms with Crippen molar-refractivity contribution in [1.29, 1.82) is 0 Å². The number of hydrogen-bond donors (Lipinski definition) is 0. The predicted octanol–water partition coefficient (Wildman–Crippen LogP) is 5.71.